The van der Waals surface area contributed by atoms with Crippen LogP contribution in [-0.4, -0.2) is 47.3 Å². The van der Waals surface area contributed by atoms with Gasteiger partial charge in [-0.05, 0) is 31.2 Å². The molecular formula is C21H19N5O4. The molecule has 3 aromatic heterocycles. The summed E-state index contributed by atoms with van der Waals surface area (Å²) in [7, 11) is 0. The molecule has 0 saturated carbocycles. The Morgan fingerprint density at radius 1 is 1.10 bits per heavy atom. The minimum atomic E-state index is -0.275. The molecule has 0 spiro atoms. The maximum Gasteiger partial charge on any atom is 0.260 e. The Morgan fingerprint density at radius 3 is 2.63 bits per heavy atom. The number of aromatic nitrogens is 3. The molecule has 1 fully saturated rings. The monoisotopic (exact) mass is 405 g/mol. The second-order valence-electron chi connectivity index (χ2n) is 6.92. The number of anilines is 2. The molecule has 152 valence electrons. The number of carbonyl (C=O) groups is 1. The molecule has 1 saturated heterocycles. The number of fused-ring (bicyclic) bond motifs is 1. The second-order valence-corrected chi connectivity index (χ2v) is 6.92. The van der Waals surface area contributed by atoms with Crippen molar-refractivity contribution in [1.29, 1.82) is 0 Å². The van der Waals surface area contributed by atoms with E-state index in [2.05, 4.69) is 25.3 Å². The Labute approximate surface area is 171 Å². The van der Waals surface area contributed by atoms with Crippen molar-refractivity contribution in [2.24, 2.45) is 0 Å². The van der Waals surface area contributed by atoms with E-state index in [1.807, 2.05) is 24.3 Å². The van der Waals surface area contributed by atoms with Gasteiger partial charge in [-0.3, -0.25) is 4.79 Å². The largest absolute Gasteiger partial charge is 0.442 e. The first-order valence-corrected chi connectivity index (χ1v) is 9.60. The summed E-state index contributed by atoms with van der Waals surface area (Å²) in [6.07, 6.45) is 3.05. The van der Waals surface area contributed by atoms with Crippen LogP contribution in [0.25, 0.3) is 22.4 Å². The van der Waals surface area contributed by atoms with E-state index in [0.717, 1.165) is 5.56 Å². The van der Waals surface area contributed by atoms with Gasteiger partial charge in [0.25, 0.3) is 5.91 Å². The molecule has 0 unspecified atom stereocenters. The van der Waals surface area contributed by atoms with Crippen LogP contribution in [0.15, 0.2) is 51.8 Å². The predicted molar refractivity (Wildman–Crippen MR) is 109 cm³/mol. The number of nitrogens with one attached hydrogen (secondary N) is 1. The third-order valence-electron chi connectivity index (χ3n) is 5.05. The highest BCUT2D eigenvalue weighted by Crippen LogP contribution is 2.32. The van der Waals surface area contributed by atoms with Gasteiger partial charge in [0.1, 0.15) is 17.9 Å². The normalized spacial score (nSPS) is 14.2. The molecule has 1 aromatic carbocycles. The summed E-state index contributed by atoms with van der Waals surface area (Å²) >= 11 is 0. The summed E-state index contributed by atoms with van der Waals surface area (Å²) in [4.78, 5) is 23.9. The highest BCUT2D eigenvalue weighted by atomic mass is 16.5. The van der Waals surface area contributed by atoms with Crippen LogP contribution in [0, 0.1) is 6.92 Å². The van der Waals surface area contributed by atoms with Gasteiger partial charge in [0.15, 0.2) is 5.76 Å². The lowest BCUT2D eigenvalue weighted by molar-refractivity contribution is 0.102. The van der Waals surface area contributed by atoms with Crippen molar-refractivity contribution in [3.05, 3.63) is 54.2 Å². The van der Waals surface area contributed by atoms with Gasteiger partial charge < -0.3 is 23.9 Å². The van der Waals surface area contributed by atoms with Crippen LogP contribution in [0.4, 0.5) is 11.5 Å². The quantitative estimate of drug-likeness (QED) is 0.551. The molecule has 4 heterocycles. The molecule has 0 bridgehead atoms. The lowest BCUT2D eigenvalue weighted by atomic mass is 10.1. The van der Waals surface area contributed by atoms with Crippen LogP contribution in [-0.2, 0) is 4.74 Å². The molecule has 9 nitrogen and oxygen atoms in total. The van der Waals surface area contributed by atoms with Gasteiger partial charge in [-0.15, -0.1) is 0 Å². The zero-order valence-electron chi connectivity index (χ0n) is 16.3. The van der Waals surface area contributed by atoms with Gasteiger partial charge in [-0.1, -0.05) is 5.16 Å². The fourth-order valence-corrected chi connectivity index (χ4v) is 3.59. The Kier molecular flexibility index (Phi) is 4.64. The molecule has 5 rings (SSSR count). The van der Waals surface area contributed by atoms with Gasteiger partial charge in [-0.25, -0.2) is 9.97 Å². The Hall–Kier alpha value is -3.72. The van der Waals surface area contributed by atoms with Gasteiger partial charge in [0.2, 0.25) is 5.71 Å². The van der Waals surface area contributed by atoms with Crippen LogP contribution in [0.1, 0.15) is 16.1 Å². The molecular weight excluding hydrogens is 386 g/mol. The lowest BCUT2D eigenvalue weighted by Crippen LogP contribution is -2.37. The zero-order chi connectivity index (χ0) is 20.5. The molecule has 9 heteroatoms. The summed E-state index contributed by atoms with van der Waals surface area (Å²) in [5.74, 6) is 1.57. The zero-order valence-corrected chi connectivity index (χ0v) is 16.3. The molecule has 1 aliphatic rings. The topological polar surface area (TPSA) is 107 Å². The second kappa shape index (κ2) is 7.60. The van der Waals surface area contributed by atoms with Crippen LogP contribution in [0.5, 0.6) is 0 Å². The number of morpholine rings is 1. The number of furan rings is 1. The molecule has 0 atom stereocenters. The van der Waals surface area contributed by atoms with Gasteiger partial charge >= 0.3 is 0 Å². The van der Waals surface area contributed by atoms with E-state index in [1.54, 1.807) is 19.2 Å². The average molecular weight is 405 g/mol. The molecule has 0 aliphatic carbocycles. The van der Waals surface area contributed by atoms with Crippen molar-refractivity contribution in [2.75, 3.05) is 36.5 Å². The predicted octanol–water partition coefficient (Wildman–Crippen LogP) is 3.28. The number of aryl methyl sites for hydroxylation is 1. The van der Waals surface area contributed by atoms with Crippen molar-refractivity contribution in [2.45, 2.75) is 6.92 Å². The summed E-state index contributed by atoms with van der Waals surface area (Å²) < 4.78 is 16.4. The number of ether oxygens (including phenoxy) is 1. The van der Waals surface area contributed by atoms with Crippen molar-refractivity contribution < 1.29 is 18.5 Å². The molecule has 1 aliphatic heterocycles. The van der Waals surface area contributed by atoms with Crippen LogP contribution in [0.3, 0.4) is 0 Å². The first-order valence-electron chi connectivity index (χ1n) is 9.60. The third-order valence-corrected chi connectivity index (χ3v) is 5.05. The van der Waals surface area contributed by atoms with Crippen molar-refractivity contribution in [1.82, 2.24) is 15.1 Å². The van der Waals surface area contributed by atoms with Crippen LogP contribution in [0.2, 0.25) is 0 Å². The first kappa shape index (κ1) is 18.3. The number of hydrogen-bond acceptors (Lipinski definition) is 8. The summed E-state index contributed by atoms with van der Waals surface area (Å²) in [6, 6.07) is 9.12. The Balaban J connectivity index is 1.46. The lowest BCUT2D eigenvalue weighted by Gasteiger charge is -2.28. The van der Waals surface area contributed by atoms with Crippen molar-refractivity contribution in [3.8, 4) is 11.3 Å². The van der Waals surface area contributed by atoms with E-state index in [-0.39, 0.29) is 5.91 Å². The van der Waals surface area contributed by atoms with Crippen LogP contribution >= 0.6 is 0 Å². The maximum absolute atomic E-state index is 13.2. The van der Waals surface area contributed by atoms with E-state index < -0.39 is 0 Å². The molecule has 1 N–H and O–H groups in total. The smallest absolute Gasteiger partial charge is 0.260 e. The number of hydrogen-bond donors (Lipinski definition) is 1. The number of amides is 1. The van der Waals surface area contributed by atoms with E-state index >= 15 is 0 Å². The van der Waals surface area contributed by atoms with Gasteiger partial charge in [0.05, 0.1) is 30.4 Å². The highest BCUT2D eigenvalue weighted by Gasteiger charge is 2.26. The van der Waals surface area contributed by atoms with Crippen molar-refractivity contribution >= 4 is 28.5 Å². The Bertz CT molecular complexity index is 1180. The number of rotatable bonds is 4. The molecule has 0 radical (unpaired) electrons. The Morgan fingerprint density at radius 2 is 1.90 bits per heavy atom. The molecule has 4 aromatic rings. The minimum absolute atomic E-state index is 0.275. The van der Waals surface area contributed by atoms with Crippen LogP contribution < -0.4 is 10.2 Å². The fourth-order valence-electron chi connectivity index (χ4n) is 3.59. The summed E-state index contributed by atoms with van der Waals surface area (Å²) in [6.45, 7) is 4.37. The minimum Gasteiger partial charge on any atom is -0.442 e. The maximum atomic E-state index is 13.2. The van der Waals surface area contributed by atoms with E-state index in [4.69, 9.17) is 13.7 Å². The summed E-state index contributed by atoms with van der Waals surface area (Å²) in [5.41, 5.74) is 2.36. The van der Waals surface area contributed by atoms with Gasteiger partial charge in [0, 0.05) is 30.4 Å². The van der Waals surface area contributed by atoms with Crippen molar-refractivity contribution in [3.63, 3.8) is 0 Å². The van der Waals surface area contributed by atoms with Gasteiger partial charge in [-0.2, -0.15) is 0 Å². The van der Waals surface area contributed by atoms with E-state index in [9.17, 15) is 4.79 Å². The highest BCUT2D eigenvalue weighted by molar-refractivity contribution is 6.15. The number of carbonyl (C=O) groups excluding carboxylic acids is 1. The average Bonchev–Trinajstić information content (AvgIpc) is 3.42. The molecule has 1 amide bonds. The summed E-state index contributed by atoms with van der Waals surface area (Å²) in [5, 5.41) is 7.26. The van der Waals surface area contributed by atoms with E-state index in [1.165, 1.54) is 6.33 Å². The third kappa shape index (κ3) is 3.29. The first-order chi connectivity index (χ1) is 14.7. The number of benzene rings is 1. The number of nitrogens with zero attached hydrogens (tertiary/aromatic N) is 4. The fraction of sp³-hybridized carbons (Fsp3) is 0.238. The van der Waals surface area contributed by atoms with E-state index in [0.29, 0.717) is 66.0 Å². The molecule has 30 heavy (non-hydrogen) atoms. The SMILES string of the molecule is Cc1oc2ncnc(N3CCOCC3)c2c1C(=O)Nc1ccc(-c2ccno2)cc1. The standard InChI is InChI=1S/C21H19N5O4/c1-13-17(18-19(22-12-23-21(18)29-13)26-8-10-28-11-9-26)20(27)25-15-4-2-14(3-5-15)16-6-7-24-30-16/h2-7,12H,8-11H2,1H3,(H,25,27).